The van der Waals surface area contributed by atoms with Crippen LogP contribution in [-0.4, -0.2) is 33.9 Å². The third-order valence-electron chi connectivity index (χ3n) is 1.36. The summed E-state index contributed by atoms with van der Waals surface area (Å²) in [6.45, 7) is 0. The molecule has 0 aromatic heterocycles. The van der Waals surface area contributed by atoms with E-state index in [9.17, 15) is 24.6 Å². The van der Waals surface area contributed by atoms with E-state index in [0.717, 1.165) is 0 Å². The molecule has 1 atom stereocenters. The molecule has 80 valence electrons. The maximum Gasteiger partial charge on any atom is 1.00 e. The number of carboxylic acid groups (broad SMARTS) is 2. The van der Waals surface area contributed by atoms with E-state index in [1.807, 2.05) is 0 Å². The van der Waals surface area contributed by atoms with Crippen LogP contribution in [0.2, 0.25) is 0 Å². The van der Waals surface area contributed by atoms with Gasteiger partial charge in [0.2, 0.25) is 0 Å². The van der Waals surface area contributed by atoms with Crippen molar-refractivity contribution < 1.29 is 99.0 Å². The maximum absolute atomic E-state index is 10.4. The summed E-state index contributed by atoms with van der Waals surface area (Å²) < 4.78 is 0. The SMILES string of the molecule is O=C([O-])CC(O)(CC(=O)OO)C(=O)[O-].[Na+].[Na+]. The van der Waals surface area contributed by atoms with Gasteiger partial charge in [-0.3, -0.25) is 0 Å². The first-order valence-electron chi connectivity index (χ1n) is 3.30. The van der Waals surface area contributed by atoms with E-state index < -0.39 is 36.4 Å². The Morgan fingerprint density at radius 2 is 1.56 bits per heavy atom. The number of hydrogen-bond acceptors (Lipinski definition) is 8. The summed E-state index contributed by atoms with van der Waals surface area (Å²) in [6, 6.07) is 0. The molecular weight excluding hydrogens is 246 g/mol. The van der Waals surface area contributed by atoms with Crippen molar-refractivity contribution in [1.29, 1.82) is 0 Å². The fourth-order valence-electron chi connectivity index (χ4n) is 0.717. The van der Waals surface area contributed by atoms with Crippen molar-refractivity contribution in [3.63, 3.8) is 0 Å². The summed E-state index contributed by atoms with van der Waals surface area (Å²) in [5.74, 6) is -5.56. The average Bonchev–Trinajstić information content (AvgIpc) is 2.02. The molecule has 0 aliphatic rings. The topological polar surface area (TPSA) is 147 Å². The van der Waals surface area contributed by atoms with Crippen molar-refractivity contribution in [3.8, 4) is 0 Å². The van der Waals surface area contributed by atoms with Gasteiger partial charge in [-0.15, -0.1) is 0 Å². The molecule has 2 N–H and O–H groups in total. The standard InChI is InChI=1S/C6H8O8.2Na/c7-3(8)1-6(12,5(10)11)2-4(9)14-13;;/h12-13H,1-2H2,(H,7,8)(H,10,11);;/q;2*+1/p-2. The molecule has 0 saturated carbocycles. The van der Waals surface area contributed by atoms with E-state index in [0.29, 0.717) is 0 Å². The van der Waals surface area contributed by atoms with Crippen LogP contribution in [-0.2, 0) is 19.3 Å². The van der Waals surface area contributed by atoms with Gasteiger partial charge in [0.1, 0.15) is 5.60 Å². The van der Waals surface area contributed by atoms with Crippen LogP contribution in [0.3, 0.4) is 0 Å². The Balaban J connectivity index is -0.000000845. The first-order valence-corrected chi connectivity index (χ1v) is 3.30. The number of carbonyl (C=O) groups excluding carboxylic acids is 3. The summed E-state index contributed by atoms with van der Waals surface area (Å²) in [7, 11) is 0. The third-order valence-corrected chi connectivity index (χ3v) is 1.36. The first-order chi connectivity index (χ1) is 6.31. The molecule has 0 spiro atoms. The average molecular weight is 252 g/mol. The molecule has 0 saturated heterocycles. The van der Waals surface area contributed by atoms with Gasteiger partial charge in [0, 0.05) is 12.4 Å². The predicted molar refractivity (Wildman–Crippen MR) is 32.9 cm³/mol. The van der Waals surface area contributed by atoms with E-state index in [1.54, 1.807) is 0 Å². The Morgan fingerprint density at radius 1 is 1.12 bits per heavy atom. The van der Waals surface area contributed by atoms with E-state index in [-0.39, 0.29) is 59.1 Å². The van der Waals surface area contributed by atoms with Crippen LogP contribution in [0.4, 0.5) is 0 Å². The molecule has 0 aliphatic carbocycles. The normalized spacial score (nSPS) is 12.4. The molecule has 16 heavy (non-hydrogen) atoms. The summed E-state index contributed by atoms with van der Waals surface area (Å²) in [6.07, 6.45) is -2.59. The summed E-state index contributed by atoms with van der Waals surface area (Å²) >= 11 is 0. The second-order valence-electron chi connectivity index (χ2n) is 2.51. The molecule has 0 bridgehead atoms. The van der Waals surface area contributed by atoms with Crippen molar-refractivity contribution in [2.24, 2.45) is 0 Å². The van der Waals surface area contributed by atoms with Gasteiger partial charge >= 0.3 is 65.1 Å². The van der Waals surface area contributed by atoms with E-state index >= 15 is 0 Å². The van der Waals surface area contributed by atoms with Crippen molar-refractivity contribution in [2.45, 2.75) is 18.4 Å². The molecule has 0 amide bonds. The van der Waals surface area contributed by atoms with E-state index in [1.165, 1.54) is 0 Å². The Morgan fingerprint density at radius 3 is 1.81 bits per heavy atom. The first kappa shape index (κ1) is 21.6. The molecule has 0 aromatic carbocycles. The third kappa shape index (κ3) is 7.58. The largest absolute Gasteiger partial charge is 1.00 e. The van der Waals surface area contributed by atoms with Crippen LogP contribution < -0.4 is 69.3 Å². The summed E-state index contributed by atoms with van der Waals surface area (Å²) in [5, 5.41) is 37.1. The van der Waals surface area contributed by atoms with Crippen LogP contribution in [0.1, 0.15) is 12.8 Å². The second kappa shape index (κ2) is 9.37. The van der Waals surface area contributed by atoms with Crippen molar-refractivity contribution >= 4 is 17.9 Å². The molecule has 0 radical (unpaired) electrons. The molecule has 10 heteroatoms. The summed E-state index contributed by atoms with van der Waals surface area (Å²) in [5.41, 5.74) is -2.95. The minimum atomic E-state index is -2.95. The predicted octanol–water partition coefficient (Wildman–Crippen LogP) is -9.98. The molecule has 0 aromatic rings. The smallest absolute Gasteiger partial charge is 0.550 e. The van der Waals surface area contributed by atoms with Crippen LogP contribution in [0.15, 0.2) is 0 Å². The van der Waals surface area contributed by atoms with Gasteiger partial charge in [0.05, 0.1) is 12.4 Å². The quantitative estimate of drug-likeness (QED) is 0.278. The molecule has 0 aliphatic heterocycles. The number of carboxylic acids is 2. The fraction of sp³-hybridized carbons (Fsp3) is 0.500. The van der Waals surface area contributed by atoms with E-state index in [4.69, 9.17) is 10.4 Å². The number of carbonyl (C=O) groups is 3. The maximum atomic E-state index is 10.4. The molecule has 0 heterocycles. The van der Waals surface area contributed by atoms with Crippen LogP contribution >= 0.6 is 0 Å². The second-order valence-corrected chi connectivity index (χ2v) is 2.51. The van der Waals surface area contributed by atoms with Gasteiger partial charge in [-0.2, -0.15) is 5.26 Å². The van der Waals surface area contributed by atoms with Crippen LogP contribution in [0.25, 0.3) is 0 Å². The van der Waals surface area contributed by atoms with Crippen molar-refractivity contribution in [3.05, 3.63) is 0 Å². The van der Waals surface area contributed by atoms with Gasteiger partial charge in [-0.25, -0.2) is 4.79 Å². The number of aliphatic hydroxyl groups is 1. The zero-order valence-electron chi connectivity index (χ0n) is 8.76. The Kier molecular flexibility index (Phi) is 12.6. The number of rotatable bonds is 5. The monoisotopic (exact) mass is 252 g/mol. The number of hydrogen-bond donors (Lipinski definition) is 2. The van der Waals surface area contributed by atoms with Crippen molar-refractivity contribution in [2.75, 3.05) is 0 Å². The van der Waals surface area contributed by atoms with Gasteiger partial charge in [0.15, 0.2) is 0 Å². The molecule has 1 unspecified atom stereocenters. The van der Waals surface area contributed by atoms with Crippen LogP contribution in [0, 0.1) is 0 Å². The van der Waals surface area contributed by atoms with Gasteiger partial charge < -0.3 is 29.8 Å². The molecule has 0 fully saturated rings. The van der Waals surface area contributed by atoms with Gasteiger partial charge in [-0.05, 0) is 0 Å². The van der Waals surface area contributed by atoms with E-state index in [2.05, 4.69) is 4.89 Å². The van der Waals surface area contributed by atoms with Crippen LogP contribution in [0.5, 0.6) is 0 Å². The molecular formula is C6H6Na2O8. The Hall–Kier alpha value is 0.330. The van der Waals surface area contributed by atoms with Gasteiger partial charge in [-0.1, -0.05) is 0 Å². The Bertz CT molecular complexity index is 267. The Labute approximate surface area is 134 Å². The zero-order valence-corrected chi connectivity index (χ0v) is 12.8. The summed E-state index contributed by atoms with van der Waals surface area (Å²) in [4.78, 5) is 33.7. The number of aliphatic carboxylic acids is 2. The van der Waals surface area contributed by atoms with Crippen molar-refractivity contribution in [1.82, 2.24) is 0 Å². The minimum Gasteiger partial charge on any atom is -0.550 e. The minimum absolute atomic E-state index is 0. The zero-order chi connectivity index (χ0) is 11.4. The molecule has 8 nitrogen and oxygen atoms in total. The fourth-order valence-corrected chi connectivity index (χ4v) is 0.717. The van der Waals surface area contributed by atoms with Gasteiger partial charge in [0.25, 0.3) is 0 Å². The molecule has 0 rings (SSSR count).